The van der Waals surface area contributed by atoms with Gasteiger partial charge in [-0.3, -0.25) is 10.1 Å². The van der Waals surface area contributed by atoms with Crippen LogP contribution in [0.25, 0.3) is 10.4 Å². The van der Waals surface area contributed by atoms with Gasteiger partial charge in [0, 0.05) is 17.6 Å². The zero-order valence-electron chi connectivity index (χ0n) is 8.65. The number of hydrogen-bond donors (Lipinski definition) is 1. The molecule has 90 valence electrons. The minimum absolute atomic E-state index is 0.118. The highest BCUT2D eigenvalue weighted by molar-refractivity contribution is 5.37. The van der Waals surface area contributed by atoms with Crippen molar-refractivity contribution >= 4 is 5.69 Å². The Morgan fingerprint density at radius 1 is 1.65 bits per heavy atom. The minimum Gasteiger partial charge on any atom is -0.396 e. The van der Waals surface area contributed by atoms with E-state index in [4.69, 9.17) is 10.6 Å². The molecule has 17 heavy (non-hydrogen) atoms. The fourth-order valence-corrected chi connectivity index (χ4v) is 1.35. The second-order valence-corrected chi connectivity index (χ2v) is 3.20. The number of benzene rings is 1. The Kier molecular flexibility index (Phi) is 4.38. The van der Waals surface area contributed by atoms with Gasteiger partial charge in [0.15, 0.2) is 0 Å². The molecule has 0 aliphatic rings. The molecular formula is C9H9FN4O3. The standard InChI is InChI=1S/C9H9FN4O3/c10-7-2-1-6(5-9(7)14(16)17)8(3-4-15)12-13-11/h1-2,5,8,15H,3-4H2. The van der Waals surface area contributed by atoms with Crippen LogP contribution in [-0.2, 0) is 0 Å². The van der Waals surface area contributed by atoms with E-state index in [0.29, 0.717) is 5.56 Å². The van der Waals surface area contributed by atoms with Gasteiger partial charge in [-0.25, -0.2) is 0 Å². The first kappa shape index (κ1) is 12.9. The topological polar surface area (TPSA) is 112 Å². The highest BCUT2D eigenvalue weighted by Gasteiger charge is 2.18. The number of aliphatic hydroxyl groups is 1. The molecule has 0 aliphatic heterocycles. The maximum atomic E-state index is 13.1. The number of hydrogen-bond acceptors (Lipinski definition) is 4. The van der Waals surface area contributed by atoms with Crippen LogP contribution < -0.4 is 0 Å². The summed E-state index contributed by atoms with van der Waals surface area (Å²) in [5, 5.41) is 22.7. The molecular weight excluding hydrogens is 231 g/mol. The van der Waals surface area contributed by atoms with Crippen molar-refractivity contribution in [3.63, 3.8) is 0 Å². The largest absolute Gasteiger partial charge is 0.396 e. The molecule has 1 aromatic carbocycles. The van der Waals surface area contributed by atoms with Gasteiger partial charge in [-0.1, -0.05) is 11.2 Å². The number of nitro benzene ring substituents is 1. The smallest absolute Gasteiger partial charge is 0.305 e. The molecule has 1 N–H and O–H groups in total. The van der Waals surface area contributed by atoms with Crippen molar-refractivity contribution in [1.29, 1.82) is 0 Å². The Morgan fingerprint density at radius 2 is 2.35 bits per heavy atom. The van der Waals surface area contributed by atoms with Crippen molar-refractivity contribution in [1.82, 2.24) is 0 Å². The second kappa shape index (κ2) is 5.78. The first-order valence-corrected chi connectivity index (χ1v) is 4.69. The molecule has 0 bridgehead atoms. The molecule has 0 aliphatic carbocycles. The highest BCUT2D eigenvalue weighted by atomic mass is 19.1. The van der Waals surface area contributed by atoms with Crippen LogP contribution in [0.3, 0.4) is 0 Å². The third-order valence-corrected chi connectivity index (χ3v) is 2.15. The van der Waals surface area contributed by atoms with E-state index < -0.39 is 22.5 Å². The van der Waals surface area contributed by atoms with Crippen molar-refractivity contribution in [2.24, 2.45) is 5.11 Å². The van der Waals surface area contributed by atoms with Crippen LogP contribution in [0.15, 0.2) is 23.3 Å². The first-order valence-electron chi connectivity index (χ1n) is 4.69. The third-order valence-electron chi connectivity index (χ3n) is 2.15. The quantitative estimate of drug-likeness (QED) is 0.280. The third kappa shape index (κ3) is 3.13. The van der Waals surface area contributed by atoms with Gasteiger partial charge >= 0.3 is 5.69 Å². The molecule has 0 heterocycles. The lowest BCUT2D eigenvalue weighted by molar-refractivity contribution is -0.387. The van der Waals surface area contributed by atoms with E-state index in [1.807, 2.05) is 0 Å². The van der Waals surface area contributed by atoms with Gasteiger partial charge in [-0.15, -0.1) is 0 Å². The zero-order valence-corrected chi connectivity index (χ0v) is 8.65. The summed E-state index contributed by atoms with van der Waals surface area (Å²) in [5.74, 6) is -0.956. The molecule has 0 spiro atoms. The minimum atomic E-state index is -0.956. The fraction of sp³-hybridized carbons (Fsp3) is 0.333. The molecule has 1 aromatic rings. The Morgan fingerprint density at radius 3 is 2.88 bits per heavy atom. The van der Waals surface area contributed by atoms with Gasteiger partial charge < -0.3 is 5.11 Å². The van der Waals surface area contributed by atoms with Crippen LogP contribution in [-0.4, -0.2) is 16.6 Å². The summed E-state index contributed by atoms with van der Waals surface area (Å²) in [6, 6.07) is 2.48. The molecule has 0 saturated heterocycles. The normalized spacial score (nSPS) is 11.6. The summed E-state index contributed by atoms with van der Waals surface area (Å²) in [7, 11) is 0. The summed E-state index contributed by atoms with van der Waals surface area (Å²) in [6.45, 7) is -0.241. The number of azide groups is 1. The lowest BCUT2D eigenvalue weighted by Crippen LogP contribution is -2.00. The van der Waals surface area contributed by atoms with E-state index in [-0.39, 0.29) is 13.0 Å². The molecule has 8 heteroatoms. The average molecular weight is 240 g/mol. The van der Waals surface area contributed by atoms with Crippen molar-refractivity contribution in [3.05, 3.63) is 50.1 Å². The van der Waals surface area contributed by atoms with Gasteiger partial charge in [0.05, 0.1) is 11.0 Å². The van der Waals surface area contributed by atoms with Crippen molar-refractivity contribution in [2.75, 3.05) is 6.61 Å². The highest BCUT2D eigenvalue weighted by Crippen LogP contribution is 2.26. The maximum absolute atomic E-state index is 13.1. The van der Waals surface area contributed by atoms with Crippen LogP contribution in [0.1, 0.15) is 18.0 Å². The molecule has 1 rings (SSSR count). The summed E-state index contributed by atoms with van der Waals surface area (Å²) < 4.78 is 13.1. The maximum Gasteiger partial charge on any atom is 0.305 e. The molecule has 1 unspecified atom stereocenters. The van der Waals surface area contributed by atoms with Crippen LogP contribution >= 0.6 is 0 Å². The first-order chi connectivity index (χ1) is 8.10. The monoisotopic (exact) mass is 240 g/mol. The zero-order chi connectivity index (χ0) is 12.8. The number of halogens is 1. The Labute approximate surface area is 95.3 Å². The summed E-state index contributed by atoms with van der Waals surface area (Å²) in [6.07, 6.45) is 0.118. The molecule has 0 radical (unpaired) electrons. The van der Waals surface area contributed by atoms with Gasteiger partial charge in [0.25, 0.3) is 0 Å². The van der Waals surface area contributed by atoms with Gasteiger partial charge in [0.2, 0.25) is 5.82 Å². The van der Waals surface area contributed by atoms with Crippen LogP contribution in [0.2, 0.25) is 0 Å². The van der Waals surface area contributed by atoms with Crippen molar-refractivity contribution in [3.8, 4) is 0 Å². The lowest BCUT2D eigenvalue weighted by atomic mass is 10.0. The summed E-state index contributed by atoms with van der Waals surface area (Å²) >= 11 is 0. The summed E-state index contributed by atoms with van der Waals surface area (Å²) in [5.41, 5.74) is 7.94. The Bertz CT molecular complexity index is 473. The van der Waals surface area contributed by atoms with Crippen LogP contribution in [0.5, 0.6) is 0 Å². The number of nitro groups is 1. The van der Waals surface area contributed by atoms with Gasteiger partial charge in [-0.2, -0.15) is 4.39 Å². The molecule has 0 fully saturated rings. The van der Waals surface area contributed by atoms with E-state index in [1.54, 1.807) is 0 Å². The Hall–Kier alpha value is -2.18. The van der Waals surface area contributed by atoms with E-state index >= 15 is 0 Å². The molecule has 0 aromatic heterocycles. The molecule has 1 atom stereocenters. The Balaban J connectivity index is 3.16. The SMILES string of the molecule is [N-]=[N+]=NC(CCO)c1ccc(F)c([N+](=O)[O-])c1. The predicted octanol–water partition coefficient (Wildman–Crippen LogP) is 2.47. The van der Waals surface area contributed by atoms with Crippen molar-refractivity contribution in [2.45, 2.75) is 12.5 Å². The average Bonchev–Trinajstić information content (AvgIpc) is 2.29. The van der Waals surface area contributed by atoms with Crippen molar-refractivity contribution < 1.29 is 14.4 Å². The predicted molar refractivity (Wildman–Crippen MR) is 56.6 cm³/mol. The van der Waals surface area contributed by atoms with Gasteiger partial charge in [-0.05, 0) is 23.6 Å². The number of rotatable bonds is 5. The number of aliphatic hydroxyl groups excluding tert-OH is 1. The van der Waals surface area contributed by atoms with Crippen LogP contribution in [0.4, 0.5) is 10.1 Å². The molecule has 0 saturated carbocycles. The summed E-state index contributed by atoms with van der Waals surface area (Å²) in [4.78, 5) is 12.2. The second-order valence-electron chi connectivity index (χ2n) is 3.20. The number of nitrogens with zero attached hydrogens (tertiary/aromatic N) is 4. The van der Waals surface area contributed by atoms with E-state index in [2.05, 4.69) is 10.0 Å². The van der Waals surface area contributed by atoms with E-state index in [9.17, 15) is 14.5 Å². The lowest BCUT2D eigenvalue weighted by Gasteiger charge is -2.09. The molecule has 0 amide bonds. The molecule has 7 nitrogen and oxygen atoms in total. The van der Waals surface area contributed by atoms with Crippen LogP contribution in [0, 0.1) is 15.9 Å². The van der Waals surface area contributed by atoms with Gasteiger partial charge in [0.1, 0.15) is 0 Å². The fourth-order valence-electron chi connectivity index (χ4n) is 1.35. The van der Waals surface area contributed by atoms with E-state index in [1.165, 1.54) is 6.07 Å². The van der Waals surface area contributed by atoms with E-state index in [0.717, 1.165) is 12.1 Å².